The Labute approximate surface area is 125 Å². The summed E-state index contributed by atoms with van der Waals surface area (Å²) in [5.41, 5.74) is 5.21. The molecule has 2 rings (SSSR count). The molecule has 0 aliphatic carbocycles. The van der Waals surface area contributed by atoms with E-state index in [1.807, 2.05) is 6.92 Å². The molecule has 0 radical (unpaired) electrons. The maximum atomic E-state index is 13.3. The van der Waals surface area contributed by atoms with Gasteiger partial charge in [-0.3, -0.25) is 11.3 Å². The molecule has 106 valence electrons. The summed E-state index contributed by atoms with van der Waals surface area (Å²) in [6.45, 7) is 1.82. The highest BCUT2D eigenvalue weighted by Gasteiger charge is 2.15. The van der Waals surface area contributed by atoms with Crippen LogP contribution < -0.4 is 11.3 Å². The highest BCUT2D eigenvalue weighted by atomic mass is 79.9. The SMILES string of the molecule is Cc1cc(F)ccc1C(Cc1cc(F)ccc1Br)NN. The molecule has 0 saturated heterocycles. The molecule has 0 spiro atoms. The fourth-order valence-electron chi connectivity index (χ4n) is 2.21. The topological polar surface area (TPSA) is 38.0 Å². The maximum absolute atomic E-state index is 13.3. The zero-order valence-corrected chi connectivity index (χ0v) is 12.5. The molecule has 2 aromatic carbocycles. The van der Waals surface area contributed by atoms with Gasteiger partial charge in [-0.1, -0.05) is 22.0 Å². The second-order valence-electron chi connectivity index (χ2n) is 4.66. The number of aryl methyl sites for hydroxylation is 1. The number of benzene rings is 2. The number of hydrogen-bond acceptors (Lipinski definition) is 2. The first kappa shape index (κ1) is 15.1. The minimum Gasteiger partial charge on any atom is -0.271 e. The Morgan fingerprint density at radius 3 is 2.45 bits per heavy atom. The van der Waals surface area contributed by atoms with Crippen LogP contribution in [0.5, 0.6) is 0 Å². The summed E-state index contributed by atoms with van der Waals surface area (Å²) in [4.78, 5) is 0. The molecule has 20 heavy (non-hydrogen) atoms. The van der Waals surface area contributed by atoms with E-state index >= 15 is 0 Å². The number of rotatable bonds is 4. The van der Waals surface area contributed by atoms with E-state index in [0.717, 1.165) is 21.2 Å². The van der Waals surface area contributed by atoms with Gasteiger partial charge in [0.25, 0.3) is 0 Å². The third-order valence-electron chi connectivity index (χ3n) is 3.24. The third-order valence-corrected chi connectivity index (χ3v) is 4.01. The first-order valence-electron chi connectivity index (χ1n) is 6.17. The van der Waals surface area contributed by atoms with Gasteiger partial charge in [0, 0.05) is 4.47 Å². The van der Waals surface area contributed by atoms with Gasteiger partial charge in [0.1, 0.15) is 11.6 Å². The first-order chi connectivity index (χ1) is 9.51. The van der Waals surface area contributed by atoms with Crippen LogP contribution in [0.15, 0.2) is 40.9 Å². The van der Waals surface area contributed by atoms with Gasteiger partial charge in [0.15, 0.2) is 0 Å². The van der Waals surface area contributed by atoms with Crippen molar-refractivity contribution in [1.29, 1.82) is 0 Å². The lowest BCUT2D eigenvalue weighted by Crippen LogP contribution is -2.30. The van der Waals surface area contributed by atoms with Gasteiger partial charge in [-0.2, -0.15) is 0 Å². The number of hydrazine groups is 1. The van der Waals surface area contributed by atoms with Gasteiger partial charge >= 0.3 is 0 Å². The highest BCUT2D eigenvalue weighted by Crippen LogP contribution is 2.26. The van der Waals surface area contributed by atoms with Crippen LogP contribution in [-0.4, -0.2) is 0 Å². The molecule has 1 unspecified atom stereocenters. The van der Waals surface area contributed by atoms with E-state index in [-0.39, 0.29) is 17.7 Å². The fraction of sp³-hybridized carbons (Fsp3) is 0.200. The molecule has 0 fully saturated rings. The van der Waals surface area contributed by atoms with Gasteiger partial charge in [-0.15, -0.1) is 0 Å². The van der Waals surface area contributed by atoms with E-state index in [1.165, 1.54) is 24.3 Å². The Balaban J connectivity index is 2.31. The van der Waals surface area contributed by atoms with Gasteiger partial charge < -0.3 is 0 Å². The van der Waals surface area contributed by atoms with Gasteiger partial charge in [-0.05, 0) is 60.4 Å². The normalized spacial score (nSPS) is 12.4. The Bertz CT molecular complexity index is 617. The lowest BCUT2D eigenvalue weighted by atomic mass is 9.96. The van der Waals surface area contributed by atoms with Crippen molar-refractivity contribution in [3.8, 4) is 0 Å². The minimum absolute atomic E-state index is 0.214. The van der Waals surface area contributed by atoms with Crippen LogP contribution in [0, 0.1) is 18.6 Å². The van der Waals surface area contributed by atoms with E-state index < -0.39 is 0 Å². The van der Waals surface area contributed by atoms with E-state index in [0.29, 0.717) is 6.42 Å². The molecule has 0 aliphatic rings. The zero-order chi connectivity index (χ0) is 14.7. The van der Waals surface area contributed by atoms with Crippen molar-refractivity contribution in [3.63, 3.8) is 0 Å². The van der Waals surface area contributed by atoms with Crippen LogP contribution in [0.1, 0.15) is 22.7 Å². The molecule has 0 amide bonds. The minimum atomic E-state index is -0.296. The molecule has 2 aromatic rings. The molecule has 0 aliphatic heterocycles. The predicted molar refractivity (Wildman–Crippen MR) is 79.0 cm³/mol. The molecular formula is C15H15BrF2N2. The van der Waals surface area contributed by atoms with Gasteiger partial charge in [0.2, 0.25) is 0 Å². The van der Waals surface area contributed by atoms with Crippen LogP contribution in [0.25, 0.3) is 0 Å². The predicted octanol–water partition coefficient (Wildman–Crippen LogP) is 3.78. The summed E-state index contributed by atoms with van der Waals surface area (Å²) in [5.74, 6) is 5.02. The summed E-state index contributed by atoms with van der Waals surface area (Å²) in [5, 5.41) is 0. The first-order valence-corrected chi connectivity index (χ1v) is 6.96. The summed E-state index contributed by atoms with van der Waals surface area (Å²) < 4.78 is 27.3. The van der Waals surface area contributed by atoms with Crippen LogP contribution in [0.3, 0.4) is 0 Å². The van der Waals surface area contributed by atoms with Crippen LogP contribution >= 0.6 is 15.9 Å². The quantitative estimate of drug-likeness (QED) is 0.656. The Hall–Kier alpha value is -1.30. The van der Waals surface area contributed by atoms with E-state index in [2.05, 4.69) is 21.4 Å². The van der Waals surface area contributed by atoms with Crippen molar-refractivity contribution >= 4 is 15.9 Å². The van der Waals surface area contributed by atoms with E-state index in [9.17, 15) is 8.78 Å². The molecule has 0 heterocycles. The zero-order valence-electron chi connectivity index (χ0n) is 11.0. The second-order valence-corrected chi connectivity index (χ2v) is 5.51. The third kappa shape index (κ3) is 3.42. The summed E-state index contributed by atoms with van der Waals surface area (Å²) in [7, 11) is 0. The number of hydrogen-bond donors (Lipinski definition) is 2. The largest absolute Gasteiger partial charge is 0.271 e. The fourth-order valence-corrected chi connectivity index (χ4v) is 2.62. The monoisotopic (exact) mass is 340 g/mol. The molecule has 3 N–H and O–H groups in total. The van der Waals surface area contributed by atoms with Gasteiger partial charge in [0.05, 0.1) is 6.04 Å². The van der Waals surface area contributed by atoms with Crippen LogP contribution in [0.2, 0.25) is 0 Å². The van der Waals surface area contributed by atoms with E-state index in [1.54, 1.807) is 12.1 Å². The van der Waals surface area contributed by atoms with E-state index in [4.69, 9.17) is 5.84 Å². The van der Waals surface area contributed by atoms with Crippen LogP contribution in [0.4, 0.5) is 8.78 Å². The summed E-state index contributed by atoms with van der Waals surface area (Å²) in [6.07, 6.45) is 0.501. The summed E-state index contributed by atoms with van der Waals surface area (Å²) >= 11 is 3.40. The Morgan fingerprint density at radius 2 is 1.80 bits per heavy atom. The average Bonchev–Trinajstić information content (AvgIpc) is 2.40. The van der Waals surface area contributed by atoms with Gasteiger partial charge in [-0.25, -0.2) is 8.78 Å². The molecule has 1 atom stereocenters. The Kier molecular flexibility index (Phi) is 4.86. The Morgan fingerprint density at radius 1 is 1.15 bits per heavy atom. The maximum Gasteiger partial charge on any atom is 0.123 e. The average molecular weight is 341 g/mol. The smallest absolute Gasteiger partial charge is 0.123 e. The molecule has 0 aromatic heterocycles. The molecule has 2 nitrogen and oxygen atoms in total. The standard InChI is InChI=1S/C15H15BrF2N2/c1-9-6-11(17)2-4-13(9)15(20-19)8-10-7-12(18)3-5-14(10)16/h2-7,15,20H,8,19H2,1H3. The lowest BCUT2D eigenvalue weighted by molar-refractivity contribution is 0.542. The highest BCUT2D eigenvalue weighted by molar-refractivity contribution is 9.10. The molecular weight excluding hydrogens is 326 g/mol. The number of nitrogens with one attached hydrogen (secondary N) is 1. The van der Waals surface area contributed by atoms with Crippen molar-refractivity contribution in [3.05, 3.63) is 69.2 Å². The van der Waals surface area contributed by atoms with Crippen molar-refractivity contribution < 1.29 is 8.78 Å². The van der Waals surface area contributed by atoms with Crippen molar-refractivity contribution in [2.75, 3.05) is 0 Å². The molecule has 0 saturated carbocycles. The van der Waals surface area contributed by atoms with Crippen molar-refractivity contribution in [1.82, 2.24) is 5.43 Å². The van der Waals surface area contributed by atoms with Crippen LogP contribution in [-0.2, 0) is 6.42 Å². The number of halogens is 3. The second kappa shape index (κ2) is 6.43. The van der Waals surface area contributed by atoms with Crippen molar-refractivity contribution in [2.45, 2.75) is 19.4 Å². The molecule has 0 bridgehead atoms. The lowest BCUT2D eigenvalue weighted by Gasteiger charge is -2.19. The molecule has 5 heteroatoms. The number of nitrogens with two attached hydrogens (primary N) is 1. The van der Waals surface area contributed by atoms with Crippen molar-refractivity contribution in [2.24, 2.45) is 5.84 Å². The summed E-state index contributed by atoms with van der Waals surface area (Å²) in [6, 6.07) is 8.86.